The summed E-state index contributed by atoms with van der Waals surface area (Å²) in [6, 6.07) is 11.8. The standard InChI is InChI=1S/C39H56ClN4O10P/c1-39(2,3)53-38(49)44-32(22-23-35(45)46)37(48)43-33(26-28-27-42-31-20-14-12-18-29(28)31)36(47)41-24-16-10-8-6-4-5-7-9-11-17-25-52-55(50,51)54-34-21-15-13-19-30(34)40/h12-15,18-21,27,32-33,42H,4-11,16-17,22-26H2,1-3H3,(H,41,47)(H,43,48)(H,44,49)(H,45,46)(H,50,51)/t32-,33-/m1/s1. The summed E-state index contributed by atoms with van der Waals surface area (Å²) in [6.45, 7) is 5.55. The number of unbranched alkanes of at least 4 members (excludes halogenated alkanes) is 9. The molecule has 3 aromatic rings. The number of ether oxygens (including phenoxy) is 1. The van der Waals surface area contributed by atoms with Crippen molar-refractivity contribution in [1.29, 1.82) is 0 Å². The summed E-state index contributed by atoms with van der Waals surface area (Å²) >= 11 is 5.97. The number of aromatic nitrogens is 1. The number of hydrogen-bond donors (Lipinski definition) is 6. The highest BCUT2D eigenvalue weighted by Crippen LogP contribution is 2.45. The van der Waals surface area contributed by atoms with E-state index in [0.29, 0.717) is 13.0 Å². The molecule has 0 fully saturated rings. The molecule has 0 aliphatic heterocycles. The molecule has 304 valence electrons. The van der Waals surface area contributed by atoms with Crippen molar-refractivity contribution < 1.29 is 47.5 Å². The maximum absolute atomic E-state index is 13.5. The van der Waals surface area contributed by atoms with Gasteiger partial charge in [-0.1, -0.05) is 93.3 Å². The normalized spacial score (nSPS) is 13.7. The molecule has 0 bridgehead atoms. The third kappa shape index (κ3) is 17.9. The maximum Gasteiger partial charge on any atom is 0.527 e. The lowest BCUT2D eigenvalue weighted by atomic mass is 10.0. The molecule has 55 heavy (non-hydrogen) atoms. The van der Waals surface area contributed by atoms with E-state index in [1.54, 1.807) is 45.2 Å². The molecule has 0 saturated heterocycles. The quantitative estimate of drug-likeness (QED) is 0.0362. The van der Waals surface area contributed by atoms with Crippen LogP contribution in [0.1, 0.15) is 103 Å². The number of amides is 3. The summed E-state index contributed by atoms with van der Waals surface area (Å²) in [7, 11) is -4.24. The first-order valence-electron chi connectivity index (χ1n) is 18.9. The summed E-state index contributed by atoms with van der Waals surface area (Å²) in [4.78, 5) is 63.9. The van der Waals surface area contributed by atoms with Crippen LogP contribution in [-0.4, -0.2) is 69.7 Å². The lowest BCUT2D eigenvalue weighted by Gasteiger charge is -2.25. The Bertz CT molecular complexity index is 1730. The summed E-state index contributed by atoms with van der Waals surface area (Å²) in [5.41, 5.74) is 0.873. The number of benzene rings is 2. The molecule has 0 saturated carbocycles. The van der Waals surface area contributed by atoms with E-state index in [0.717, 1.165) is 74.3 Å². The SMILES string of the molecule is CC(C)(C)OC(=O)N[C@H](CCC(=O)O)C(=O)N[C@H](Cc1c[nH]c2ccccc12)C(=O)NCCCCCCCCCCCCOP(=O)(O)Oc1ccccc1Cl. The Morgan fingerprint density at radius 3 is 2.11 bits per heavy atom. The predicted octanol–water partition coefficient (Wildman–Crippen LogP) is 7.82. The molecule has 0 aliphatic carbocycles. The molecule has 1 unspecified atom stereocenters. The van der Waals surface area contributed by atoms with Crippen molar-refractivity contribution in [3.63, 3.8) is 0 Å². The van der Waals surface area contributed by atoms with Gasteiger partial charge in [0, 0.05) is 36.5 Å². The number of carboxylic acid groups (broad SMARTS) is 1. The first kappa shape index (κ1) is 45.3. The number of aliphatic carboxylic acids is 1. The topological polar surface area (TPSA) is 205 Å². The van der Waals surface area contributed by atoms with Crippen LogP contribution in [0.5, 0.6) is 5.75 Å². The van der Waals surface area contributed by atoms with Crippen LogP contribution in [0.3, 0.4) is 0 Å². The Hall–Kier alpha value is -4.10. The summed E-state index contributed by atoms with van der Waals surface area (Å²) in [5, 5.41) is 18.6. The Morgan fingerprint density at radius 1 is 0.836 bits per heavy atom. The number of carboxylic acids is 1. The fourth-order valence-electron chi connectivity index (χ4n) is 5.81. The highest BCUT2D eigenvalue weighted by Gasteiger charge is 2.30. The Balaban J connectivity index is 1.38. The van der Waals surface area contributed by atoms with Gasteiger partial charge < -0.3 is 35.3 Å². The van der Waals surface area contributed by atoms with Crippen molar-refractivity contribution in [3.8, 4) is 5.75 Å². The van der Waals surface area contributed by atoms with Gasteiger partial charge in [0.1, 0.15) is 23.4 Å². The van der Waals surface area contributed by atoms with Crippen molar-refractivity contribution in [2.24, 2.45) is 0 Å². The van der Waals surface area contributed by atoms with Gasteiger partial charge in [-0.25, -0.2) is 9.36 Å². The third-order valence-electron chi connectivity index (χ3n) is 8.56. The number of carbonyl (C=O) groups excluding carboxylic acids is 3. The zero-order valence-corrected chi connectivity index (χ0v) is 33.6. The largest absolute Gasteiger partial charge is 0.527 e. The molecule has 0 spiro atoms. The number of para-hydroxylation sites is 2. The molecule has 16 heteroatoms. The molecule has 0 radical (unpaired) electrons. The highest BCUT2D eigenvalue weighted by molar-refractivity contribution is 7.47. The summed E-state index contributed by atoms with van der Waals surface area (Å²) in [5.74, 6) is -2.09. The average Bonchev–Trinajstić information content (AvgIpc) is 3.52. The fourth-order valence-corrected chi connectivity index (χ4v) is 6.86. The van der Waals surface area contributed by atoms with Crippen LogP contribution in [0, 0.1) is 0 Å². The van der Waals surface area contributed by atoms with Gasteiger partial charge in [-0.3, -0.25) is 23.8 Å². The van der Waals surface area contributed by atoms with Crippen molar-refractivity contribution in [1.82, 2.24) is 20.9 Å². The van der Waals surface area contributed by atoms with Crippen LogP contribution in [0.15, 0.2) is 54.7 Å². The number of halogens is 1. The molecule has 1 heterocycles. The molecule has 2 aromatic carbocycles. The molecular formula is C39H56ClN4O10P. The number of carbonyl (C=O) groups is 4. The van der Waals surface area contributed by atoms with Gasteiger partial charge >= 0.3 is 19.9 Å². The van der Waals surface area contributed by atoms with E-state index in [9.17, 15) is 33.7 Å². The Morgan fingerprint density at radius 2 is 1.45 bits per heavy atom. The van der Waals surface area contributed by atoms with E-state index in [-0.39, 0.29) is 42.5 Å². The van der Waals surface area contributed by atoms with Gasteiger partial charge in [0.05, 0.1) is 11.6 Å². The minimum Gasteiger partial charge on any atom is -0.481 e. The number of H-pyrrole nitrogens is 1. The minimum absolute atomic E-state index is 0.101. The van der Waals surface area contributed by atoms with Crippen LogP contribution in [0.25, 0.3) is 10.9 Å². The lowest BCUT2D eigenvalue weighted by Crippen LogP contribution is -2.55. The average molecular weight is 807 g/mol. The van der Waals surface area contributed by atoms with Crippen molar-refractivity contribution in [3.05, 3.63) is 65.3 Å². The fraction of sp³-hybridized carbons (Fsp3) is 0.538. The van der Waals surface area contributed by atoms with E-state index >= 15 is 0 Å². The molecule has 0 aliphatic rings. The van der Waals surface area contributed by atoms with Crippen LogP contribution >= 0.6 is 19.4 Å². The molecule has 3 rings (SSSR count). The third-order valence-corrected chi connectivity index (χ3v) is 9.81. The number of fused-ring (bicyclic) bond motifs is 1. The monoisotopic (exact) mass is 806 g/mol. The van der Waals surface area contributed by atoms with Crippen molar-refractivity contribution >= 4 is 54.2 Å². The van der Waals surface area contributed by atoms with Gasteiger partial charge in [0.2, 0.25) is 11.8 Å². The zero-order valence-electron chi connectivity index (χ0n) is 31.9. The maximum atomic E-state index is 13.5. The zero-order chi connectivity index (χ0) is 40.3. The second kappa shape index (κ2) is 23.1. The van der Waals surface area contributed by atoms with E-state index < -0.39 is 43.5 Å². The van der Waals surface area contributed by atoms with Crippen LogP contribution in [0.4, 0.5) is 4.79 Å². The number of nitrogens with one attached hydrogen (secondary N) is 4. The molecule has 14 nitrogen and oxygen atoms in total. The van der Waals surface area contributed by atoms with Crippen LogP contribution < -0.4 is 20.5 Å². The number of hydrogen-bond acceptors (Lipinski definition) is 8. The van der Waals surface area contributed by atoms with Gasteiger partial charge in [-0.15, -0.1) is 0 Å². The Kier molecular flexibility index (Phi) is 19.0. The van der Waals surface area contributed by atoms with Gasteiger partial charge in [0.25, 0.3) is 0 Å². The number of alkyl carbamates (subject to hydrolysis) is 1. The van der Waals surface area contributed by atoms with E-state index in [4.69, 9.17) is 25.4 Å². The smallest absolute Gasteiger partial charge is 0.481 e. The second-order valence-corrected chi connectivity index (χ2v) is 16.2. The van der Waals surface area contributed by atoms with E-state index in [1.165, 1.54) is 6.07 Å². The lowest BCUT2D eigenvalue weighted by molar-refractivity contribution is -0.137. The van der Waals surface area contributed by atoms with Crippen LogP contribution in [0.2, 0.25) is 5.02 Å². The number of rotatable bonds is 25. The van der Waals surface area contributed by atoms with E-state index in [1.807, 2.05) is 24.3 Å². The first-order valence-corrected chi connectivity index (χ1v) is 20.8. The number of aromatic amines is 1. The number of phosphoric acid groups is 1. The minimum atomic E-state index is -4.24. The highest BCUT2D eigenvalue weighted by atomic mass is 35.5. The second-order valence-electron chi connectivity index (χ2n) is 14.4. The van der Waals surface area contributed by atoms with Gasteiger partial charge in [-0.2, -0.15) is 0 Å². The predicted molar refractivity (Wildman–Crippen MR) is 211 cm³/mol. The van der Waals surface area contributed by atoms with E-state index in [2.05, 4.69) is 20.9 Å². The van der Waals surface area contributed by atoms with Gasteiger partial charge in [0.15, 0.2) is 0 Å². The first-order chi connectivity index (χ1) is 26.1. The summed E-state index contributed by atoms with van der Waals surface area (Å²) < 4.78 is 27.5. The van der Waals surface area contributed by atoms with Crippen LogP contribution in [-0.2, 0) is 34.6 Å². The molecule has 3 atom stereocenters. The molecule has 6 N–H and O–H groups in total. The van der Waals surface area contributed by atoms with Crippen molar-refractivity contribution in [2.75, 3.05) is 13.2 Å². The molecule has 3 amide bonds. The molecule has 1 aromatic heterocycles. The van der Waals surface area contributed by atoms with Crippen molar-refractivity contribution in [2.45, 2.75) is 122 Å². The number of phosphoric ester groups is 1. The summed E-state index contributed by atoms with van der Waals surface area (Å²) in [6.07, 6.45) is 10.0. The molecular weight excluding hydrogens is 751 g/mol. The Labute approximate surface area is 328 Å². The van der Waals surface area contributed by atoms with Gasteiger partial charge in [-0.05, 0) is 63.8 Å².